The normalized spacial score (nSPS) is 15.1. The van der Waals surface area contributed by atoms with Gasteiger partial charge in [-0.25, -0.2) is 0 Å². The van der Waals surface area contributed by atoms with Gasteiger partial charge < -0.3 is 14.7 Å². The van der Waals surface area contributed by atoms with Crippen molar-refractivity contribution in [2.45, 2.75) is 25.3 Å². The molecular weight excluding hydrogens is 266 g/mol. The summed E-state index contributed by atoms with van der Waals surface area (Å²) >= 11 is 0. The number of hydrogen-bond acceptors (Lipinski definition) is 3. The minimum atomic E-state index is 0.0387. The van der Waals surface area contributed by atoms with E-state index in [4.69, 9.17) is 9.84 Å². The van der Waals surface area contributed by atoms with Crippen LogP contribution in [0.4, 0.5) is 0 Å². The van der Waals surface area contributed by atoms with E-state index in [0.29, 0.717) is 12.0 Å². The van der Waals surface area contributed by atoms with Gasteiger partial charge in [0, 0.05) is 43.9 Å². The van der Waals surface area contributed by atoms with E-state index in [9.17, 15) is 4.79 Å². The number of carbonyl (C=O) groups is 1. The smallest absolute Gasteiger partial charge is 0.253 e. The molecule has 0 spiro atoms. The average Bonchev–Trinajstić information content (AvgIpc) is 2.55. The first kappa shape index (κ1) is 15.6. The van der Waals surface area contributed by atoms with Gasteiger partial charge in [-0.15, -0.1) is 0 Å². The second-order valence-corrected chi connectivity index (χ2v) is 5.11. The average molecular weight is 287 g/mol. The fourth-order valence-corrected chi connectivity index (χ4v) is 2.36. The maximum atomic E-state index is 12.4. The molecule has 0 aliphatic carbocycles. The topological polar surface area (TPSA) is 49.8 Å². The van der Waals surface area contributed by atoms with Crippen LogP contribution in [0.3, 0.4) is 0 Å². The zero-order valence-electron chi connectivity index (χ0n) is 12.3. The molecular formula is C17H21NO3. The maximum absolute atomic E-state index is 12.4. The summed E-state index contributed by atoms with van der Waals surface area (Å²) in [5.74, 6) is 5.86. The number of amides is 1. The van der Waals surface area contributed by atoms with Crippen molar-refractivity contribution in [2.24, 2.45) is 0 Å². The summed E-state index contributed by atoms with van der Waals surface area (Å²) in [7, 11) is 1.85. The molecule has 1 N–H and O–H groups in total. The van der Waals surface area contributed by atoms with E-state index in [1.165, 1.54) is 0 Å². The van der Waals surface area contributed by atoms with Crippen LogP contribution in [0.5, 0.6) is 0 Å². The van der Waals surface area contributed by atoms with Crippen molar-refractivity contribution in [2.75, 3.05) is 26.9 Å². The van der Waals surface area contributed by atoms with Crippen LogP contribution in [0.25, 0.3) is 0 Å². The van der Waals surface area contributed by atoms with E-state index in [0.717, 1.165) is 31.6 Å². The Hall–Kier alpha value is -1.83. The Balaban J connectivity index is 2.00. The molecule has 0 saturated carbocycles. The molecule has 0 aromatic heterocycles. The van der Waals surface area contributed by atoms with Crippen LogP contribution in [-0.2, 0) is 4.74 Å². The molecule has 1 amide bonds. The van der Waals surface area contributed by atoms with Crippen molar-refractivity contribution < 1.29 is 14.6 Å². The van der Waals surface area contributed by atoms with Crippen LogP contribution in [0.1, 0.15) is 35.2 Å². The summed E-state index contributed by atoms with van der Waals surface area (Å²) in [4.78, 5) is 14.2. The van der Waals surface area contributed by atoms with Gasteiger partial charge >= 0.3 is 0 Å². The van der Waals surface area contributed by atoms with Crippen LogP contribution in [0.15, 0.2) is 24.3 Å². The number of rotatable bonds is 3. The van der Waals surface area contributed by atoms with Crippen molar-refractivity contribution in [1.29, 1.82) is 0 Å². The molecule has 0 atom stereocenters. The number of aliphatic hydroxyl groups excluding tert-OH is 1. The van der Waals surface area contributed by atoms with Gasteiger partial charge in [-0.3, -0.25) is 4.79 Å². The highest BCUT2D eigenvalue weighted by Crippen LogP contribution is 2.16. The minimum Gasteiger partial charge on any atom is -0.395 e. The molecule has 1 aromatic carbocycles. The summed E-state index contributed by atoms with van der Waals surface area (Å²) in [5, 5.41) is 8.68. The predicted octanol–water partition coefficient (Wildman–Crippen LogP) is 1.67. The third-order valence-corrected chi connectivity index (χ3v) is 3.66. The van der Waals surface area contributed by atoms with Gasteiger partial charge in [0.15, 0.2) is 0 Å². The summed E-state index contributed by atoms with van der Waals surface area (Å²) < 4.78 is 5.33. The fraction of sp³-hybridized carbons (Fsp3) is 0.471. The molecule has 0 bridgehead atoms. The number of ether oxygens (including phenoxy) is 1. The first-order chi connectivity index (χ1) is 10.2. The molecule has 1 fully saturated rings. The highest BCUT2D eigenvalue weighted by Gasteiger charge is 2.23. The lowest BCUT2D eigenvalue weighted by Crippen LogP contribution is -2.40. The van der Waals surface area contributed by atoms with Crippen LogP contribution >= 0.6 is 0 Å². The standard InChI is InChI=1S/C17H21NO3/c1-18(16-9-12-21-13-10-16)17(20)15-7-5-14(6-8-15)4-2-3-11-19/h5-8,16,19H,3,9-13H2,1H3. The predicted molar refractivity (Wildman–Crippen MR) is 81.0 cm³/mol. The highest BCUT2D eigenvalue weighted by atomic mass is 16.5. The van der Waals surface area contributed by atoms with E-state index in [2.05, 4.69) is 11.8 Å². The van der Waals surface area contributed by atoms with Gasteiger partial charge in [0.2, 0.25) is 0 Å². The number of carbonyl (C=O) groups excluding carboxylic acids is 1. The third kappa shape index (κ3) is 4.32. The molecule has 4 nitrogen and oxygen atoms in total. The molecule has 0 radical (unpaired) electrons. The van der Waals surface area contributed by atoms with Crippen molar-refractivity contribution >= 4 is 5.91 Å². The van der Waals surface area contributed by atoms with Gasteiger partial charge in [0.25, 0.3) is 5.91 Å². The zero-order valence-corrected chi connectivity index (χ0v) is 12.3. The summed E-state index contributed by atoms with van der Waals surface area (Å²) in [6.45, 7) is 1.52. The maximum Gasteiger partial charge on any atom is 0.253 e. The Labute approximate surface area is 125 Å². The summed E-state index contributed by atoms with van der Waals surface area (Å²) in [6.07, 6.45) is 2.26. The Bertz CT molecular complexity index is 521. The van der Waals surface area contributed by atoms with E-state index >= 15 is 0 Å². The van der Waals surface area contributed by atoms with E-state index < -0.39 is 0 Å². The Morgan fingerprint density at radius 3 is 2.62 bits per heavy atom. The lowest BCUT2D eigenvalue weighted by molar-refractivity contribution is 0.0362. The molecule has 1 aliphatic rings. The molecule has 4 heteroatoms. The van der Waals surface area contributed by atoms with Gasteiger partial charge in [-0.1, -0.05) is 11.8 Å². The zero-order chi connectivity index (χ0) is 15.1. The largest absolute Gasteiger partial charge is 0.395 e. The third-order valence-electron chi connectivity index (χ3n) is 3.66. The van der Waals surface area contributed by atoms with Gasteiger partial charge in [0.05, 0.1) is 6.61 Å². The second kappa shape index (κ2) is 7.82. The molecule has 0 unspecified atom stereocenters. The monoisotopic (exact) mass is 287 g/mol. The number of aliphatic hydroxyl groups is 1. The van der Waals surface area contributed by atoms with Crippen molar-refractivity contribution in [3.8, 4) is 11.8 Å². The Morgan fingerprint density at radius 2 is 2.00 bits per heavy atom. The number of benzene rings is 1. The minimum absolute atomic E-state index is 0.0387. The van der Waals surface area contributed by atoms with Gasteiger partial charge in [-0.2, -0.15) is 0 Å². The highest BCUT2D eigenvalue weighted by molar-refractivity contribution is 5.94. The van der Waals surface area contributed by atoms with Crippen molar-refractivity contribution in [1.82, 2.24) is 4.90 Å². The van der Waals surface area contributed by atoms with E-state index in [1.54, 1.807) is 12.1 Å². The fourth-order valence-electron chi connectivity index (χ4n) is 2.36. The molecule has 1 aliphatic heterocycles. The van der Waals surface area contributed by atoms with Crippen LogP contribution in [0.2, 0.25) is 0 Å². The first-order valence-electron chi connectivity index (χ1n) is 7.27. The Kier molecular flexibility index (Phi) is 5.79. The molecule has 21 heavy (non-hydrogen) atoms. The van der Waals surface area contributed by atoms with E-state index in [-0.39, 0.29) is 18.6 Å². The van der Waals surface area contributed by atoms with Crippen LogP contribution in [-0.4, -0.2) is 48.8 Å². The van der Waals surface area contributed by atoms with Gasteiger partial charge in [-0.05, 0) is 37.1 Å². The van der Waals surface area contributed by atoms with Crippen molar-refractivity contribution in [3.63, 3.8) is 0 Å². The van der Waals surface area contributed by atoms with Gasteiger partial charge in [0.1, 0.15) is 0 Å². The number of hydrogen-bond donors (Lipinski definition) is 1. The molecule has 2 rings (SSSR count). The lowest BCUT2D eigenvalue weighted by atomic mass is 10.1. The first-order valence-corrected chi connectivity index (χ1v) is 7.27. The molecule has 1 aromatic rings. The molecule has 112 valence electrons. The summed E-state index contributed by atoms with van der Waals surface area (Å²) in [5.41, 5.74) is 1.53. The lowest BCUT2D eigenvalue weighted by Gasteiger charge is -2.31. The Morgan fingerprint density at radius 1 is 1.33 bits per heavy atom. The molecule has 1 saturated heterocycles. The van der Waals surface area contributed by atoms with Crippen molar-refractivity contribution in [3.05, 3.63) is 35.4 Å². The number of nitrogens with zero attached hydrogens (tertiary/aromatic N) is 1. The van der Waals surface area contributed by atoms with Crippen LogP contribution < -0.4 is 0 Å². The summed E-state index contributed by atoms with van der Waals surface area (Å²) in [6, 6.07) is 7.56. The second-order valence-electron chi connectivity index (χ2n) is 5.11. The SMILES string of the molecule is CN(C(=O)c1ccc(C#CCCO)cc1)C1CCOCC1. The van der Waals surface area contributed by atoms with Crippen LogP contribution in [0, 0.1) is 11.8 Å². The van der Waals surface area contributed by atoms with E-state index in [1.807, 2.05) is 24.1 Å². The molecule has 1 heterocycles. The quantitative estimate of drug-likeness (QED) is 0.860.